The first-order valence-electron chi connectivity index (χ1n) is 10.3. The molecule has 0 amide bonds. The van der Waals surface area contributed by atoms with Crippen LogP contribution in [0.25, 0.3) is 0 Å². The minimum absolute atomic E-state index is 0. The van der Waals surface area contributed by atoms with Gasteiger partial charge in [-0.1, -0.05) is 18.2 Å². The molecule has 0 aliphatic rings. The largest absolute Gasteiger partial charge is 0.490 e. The van der Waals surface area contributed by atoms with Crippen LogP contribution >= 0.6 is 24.0 Å². The Hall–Kier alpha value is -2.05. The molecule has 2 aromatic rings. The van der Waals surface area contributed by atoms with Gasteiger partial charge in [0, 0.05) is 20.1 Å². The third kappa shape index (κ3) is 8.47. The molecule has 32 heavy (non-hydrogen) atoms. The van der Waals surface area contributed by atoms with Gasteiger partial charge in [-0.3, -0.25) is 4.99 Å². The van der Waals surface area contributed by atoms with Crippen molar-refractivity contribution >= 4 is 40.0 Å². The lowest BCUT2D eigenvalue weighted by Crippen LogP contribution is -2.37. The maximum Gasteiger partial charge on any atom is 0.240 e. The average molecular weight is 577 g/mol. The van der Waals surface area contributed by atoms with Gasteiger partial charge in [-0.15, -0.1) is 24.0 Å². The van der Waals surface area contributed by atoms with Gasteiger partial charge in [0.25, 0.3) is 0 Å². The molecule has 2 rings (SSSR count). The zero-order chi connectivity index (χ0) is 22.7. The van der Waals surface area contributed by atoms with E-state index in [1.165, 1.54) is 7.05 Å². The Kier molecular flexibility index (Phi) is 12.4. The van der Waals surface area contributed by atoms with Crippen LogP contribution in [-0.2, 0) is 23.0 Å². The number of hydrogen-bond acceptors (Lipinski definition) is 5. The van der Waals surface area contributed by atoms with Gasteiger partial charge >= 0.3 is 0 Å². The van der Waals surface area contributed by atoms with Gasteiger partial charge in [-0.05, 0) is 62.7 Å². The fraction of sp³-hybridized carbons (Fsp3) is 0.409. The number of sulfonamides is 1. The molecule has 0 spiro atoms. The highest BCUT2D eigenvalue weighted by Crippen LogP contribution is 2.28. The number of aliphatic imine (C=N–C) groups is 1. The van der Waals surface area contributed by atoms with Crippen molar-refractivity contribution in [3.05, 3.63) is 53.6 Å². The normalized spacial score (nSPS) is 11.4. The number of ether oxygens (including phenoxy) is 2. The van der Waals surface area contributed by atoms with Gasteiger partial charge in [-0.25, -0.2) is 13.1 Å². The van der Waals surface area contributed by atoms with Crippen molar-refractivity contribution in [1.82, 2.24) is 15.4 Å². The summed E-state index contributed by atoms with van der Waals surface area (Å²) >= 11 is 0. The molecule has 8 nitrogen and oxygen atoms in total. The zero-order valence-electron chi connectivity index (χ0n) is 19.0. The van der Waals surface area contributed by atoms with E-state index in [2.05, 4.69) is 20.3 Å². The van der Waals surface area contributed by atoms with E-state index in [4.69, 9.17) is 9.47 Å². The Labute approximate surface area is 208 Å². The molecule has 0 atom stereocenters. The summed E-state index contributed by atoms with van der Waals surface area (Å²) in [6, 6.07) is 12.7. The maximum absolute atomic E-state index is 11.8. The first-order valence-corrected chi connectivity index (χ1v) is 11.8. The Bertz CT molecular complexity index is 966. The number of halogens is 1. The number of hydrogen-bond donors (Lipinski definition) is 3. The molecule has 0 fully saturated rings. The van der Waals surface area contributed by atoms with Gasteiger partial charge in [0.1, 0.15) is 0 Å². The van der Waals surface area contributed by atoms with Crippen molar-refractivity contribution in [2.75, 3.05) is 33.9 Å². The fourth-order valence-corrected chi connectivity index (χ4v) is 3.62. The lowest BCUT2D eigenvalue weighted by molar-refractivity contribution is 0.287. The monoisotopic (exact) mass is 576 g/mol. The Morgan fingerprint density at radius 3 is 2.16 bits per heavy atom. The zero-order valence-corrected chi connectivity index (χ0v) is 22.1. The van der Waals surface area contributed by atoms with Crippen LogP contribution in [0.5, 0.6) is 11.5 Å². The molecule has 0 bridgehead atoms. The minimum atomic E-state index is -3.43. The summed E-state index contributed by atoms with van der Waals surface area (Å²) in [5.41, 5.74) is 2.09. The van der Waals surface area contributed by atoms with Crippen molar-refractivity contribution < 1.29 is 17.9 Å². The maximum atomic E-state index is 11.8. The molecule has 0 saturated heterocycles. The third-order valence-corrected chi connectivity index (χ3v) is 5.93. The molecule has 0 unspecified atom stereocenters. The second-order valence-corrected chi connectivity index (χ2v) is 8.49. The fourth-order valence-electron chi connectivity index (χ4n) is 2.89. The molecule has 3 N–H and O–H groups in total. The number of benzene rings is 2. The quantitative estimate of drug-likeness (QED) is 0.216. The van der Waals surface area contributed by atoms with Gasteiger partial charge in [-0.2, -0.15) is 0 Å². The highest BCUT2D eigenvalue weighted by atomic mass is 127. The van der Waals surface area contributed by atoms with Crippen LogP contribution in [0.2, 0.25) is 0 Å². The van der Waals surface area contributed by atoms with E-state index in [1.807, 2.05) is 32.0 Å². The van der Waals surface area contributed by atoms with Crippen LogP contribution in [0.3, 0.4) is 0 Å². The van der Waals surface area contributed by atoms with Crippen LogP contribution in [0.1, 0.15) is 25.0 Å². The molecule has 0 aromatic heterocycles. The van der Waals surface area contributed by atoms with E-state index in [0.29, 0.717) is 32.3 Å². The van der Waals surface area contributed by atoms with Gasteiger partial charge in [0.05, 0.1) is 18.1 Å². The summed E-state index contributed by atoms with van der Waals surface area (Å²) in [7, 11) is -0.321. The van der Waals surface area contributed by atoms with Crippen molar-refractivity contribution in [1.29, 1.82) is 0 Å². The molecule has 2 aromatic carbocycles. The van der Waals surface area contributed by atoms with Crippen molar-refractivity contribution in [2.24, 2.45) is 4.99 Å². The smallest absolute Gasteiger partial charge is 0.240 e. The van der Waals surface area contributed by atoms with Crippen LogP contribution in [0.15, 0.2) is 52.4 Å². The summed E-state index contributed by atoms with van der Waals surface area (Å²) in [5.74, 6) is 2.18. The van der Waals surface area contributed by atoms with Crippen LogP contribution in [0.4, 0.5) is 0 Å². The second kappa shape index (κ2) is 14.2. The highest BCUT2D eigenvalue weighted by Gasteiger charge is 2.10. The van der Waals surface area contributed by atoms with E-state index >= 15 is 0 Å². The Morgan fingerprint density at radius 2 is 1.56 bits per heavy atom. The predicted octanol–water partition coefficient (Wildman–Crippen LogP) is 2.92. The van der Waals surface area contributed by atoms with Crippen LogP contribution < -0.4 is 24.8 Å². The van der Waals surface area contributed by atoms with E-state index in [0.717, 1.165) is 29.0 Å². The standard InChI is InChI=1S/C22H32N4O4S.HI/c1-5-29-20-12-9-17(15-21(20)30-6-2)13-14-25-22(23-3)26-16-18-7-10-19(11-8-18)31(27,28)24-4;/h7-12,15,24H,5-6,13-14,16H2,1-4H3,(H2,23,25,26);1H. The van der Waals surface area contributed by atoms with E-state index < -0.39 is 10.0 Å². The highest BCUT2D eigenvalue weighted by molar-refractivity contribution is 14.0. The number of nitrogens with one attached hydrogen (secondary N) is 3. The van der Waals surface area contributed by atoms with Crippen molar-refractivity contribution in [3.8, 4) is 11.5 Å². The van der Waals surface area contributed by atoms with Crippen molar-refractivity contribution in [2.45, 2.75) is 31.7 Å². The Morgan fingerprint density at radius 1 is 0.938 bits per heavy atom. The summed E-state index contributed by atoms with van der Waals surface area (Å²) in [4.78, 5) is 4.47. The van der Waals surface area contributed by atoms with Gasteiger partial charge in [0.15, 0.2) is 17.5 Å². The molecule has 0 heterocycles. The van der Waals surface area contributed by atoms with Crippen LogP contribution in [-0.4, -0.2) is 48.2 Å². The number of rotatable bonds is 11. The summed E-state index contributed by atoms with van der Waals surface area (Å²) in [5, 5.41) is 6.52. The molecule has 178 valence electrons. The van der Waals surface area contributed by atoms with E-state index in [-0.39, 0.29) is 28.9 Å². The summed E-state index contributed by atoms with van der Waals surface area (Å²) < 4.78 is 37.2. The lowest BCUT2D eigenvalue weighted by Gasteiger charge is -2.14. The van der Waals surface area contributed by atoms with Gasteiger partial charge in [0.2, 0.25) is 10.0 Å². The van der Waals surface area contributed by atoms with Crippen molar-refractivity contribution in [3.63, 3.8) is 0 Å². The minimum Gasteiger partial charge on any atom is -0.490 e. The molecular weight excluding hydrogens is 543 g/mol. The van der Waals surface area contributed by atoms with E-state index in [9.17, 15) is 8.42 Å². The lowest BCUT2D eigenvalue weighted by atomic mass is 10.1. The Balaban J connectivity index is 0.00000512. The van der Waals surface area contributed by atoms with Gasteiger partial charge < -0.3 is 20.1 Å². The predicted molar refractivity (Wildman–Crippen MR) is 139 cm³/mol. The molecule has 0 aliphatic heterocycles. The first-order chi connectivity index (χ1) is 14.9. The first kappa shape index (κ1) is 28.0. The third-order valence-electron chi connectivity index (χ3n) is 4.50. The summed E-state index contributed by atoms with van der Waals surface area (Å²) in [6.07, 6.45) is 0.795. The molecule has 10 heteroatoms. The van der Waals surface area contributed by atoms with Crippen LogP contribution in [0, 0.1) is 0 Å². The number of guanidine groups is 1. The molecule has 0 aliphatic carbocycles. The molecule has 0 radical (unpaired) electrons. The number of nitrogens with zero attached hydrogens (tertiary/aromatic N) is 1. The molecule has 0 saturated carbocycles. The average Bonchev–Trinajstić information content (AvgIpc) is 2.78. The SMILES string of the molecule is CCOc1ccc(CCNC(=NC)NCc2ccc(S(=O)(=O)NC)cc2)cc1OCC.I. The van der Waals surface area contributed by atoms with E-state index in [1.54, 1.807) is 31.3 Å². The topological polar surface area (TPSA) is 101 Å². The second-order valence-electron chi connectivity index (χ2n) is 6.60. The molecular formula is C22H33IN4O4S. The summed E-state index contributed by atoms with van der Waals surface area (Å²) in [6.45, 7) is 6.30.